The minimum absolute atomic E-state index is 0.122. The molecule has 1 aromatic carbocycles. The lowest BCUT2D eigenvalue weighted by Gasteiger charge is -2.59. The Morgan fingerprint density at radius 1 is 1.07 bits per heavy atom. The zero-order chi connectivity index (χ0) is 20.0. The van der Waals surface area contributed by atoms with Crippen LogP contribution in [0.4, 0.5) is 0 Å². The Balaban J connectivity index is 1.16. The first-order valence-corrected chi connectivity index (χ1v) is 10.9. The van der Waals surface area contributed by atoms with Crippen molar-refractivity contribution in [3.8, 4) is 11.5 Å². The van der Waals surface area contributed by atoms with E-state index in [0.29, 0.717) is 30.3 Å². The summed E-state index contributed by atoms with van der Waals surface area (Å²) in [5, 5.41) is 3.13. The second kappa shape index (κ2) is 7.22. The summed E-state index contributed by atoms with van der Waals surface area (Å²) >= 11 is 0. The molecular formula is C23H29NO5. The molecule has 29 heavy (non-hydrogen) atoms. The van der Waals surface area contributed by atoms with E-state index >= 15 is 0 Å². The summed E-state index contributed by atoms with van der Waals surface area (Å²) in [6, 6.07) is 5.05. The largest absolute Gasteiger partial charge is 0.486 e. The summed E-state index contributed by atoms with van der Waals surface area (Å²) in [4.78, 5) is 24.8. The lowest BCUT2D eigenvalue weighted by molar-refractivity contribution is -0.128. The zero-order valence-corrected chi connectivity index (χ0v) is 16.9. The molecule has 6 heteroatoms. The summed E-state index contributed by atoms with van der Waals surface area (Å²) in [6.45, 7) is 2.83. The zero-order valence-electron chi connectivity index (χ0n) is 16.9. The number of hydrogen-bond acceptors (Lipinski definition) is 5. The number of amides is 1. The van der Waals surface area contributed by atoms with Crippen molar-refractivity contribution in [2.45, 2.75) is 51.5 Å². The van der Waals surface area contributed by atoms with Crippen molar-refractivity contribution < 1.29 is 23.8 Å². The minimum Gasteiger partial charge on any atom is -0.486 e. The number of carbonyl (C=O) groups is 2. The van der Waals surface area contributed by atoms with Gasteiger partial charge in [-0.2, -0.15) is 0 Å². The molecule has 4 bridgehead atoms. The van der Waals surface area contributed by atoms with E-state index in [1.54, 1.807) is 18.2 Å². The molecule has 6 nitrogen and oxygen atoms in total. The van der Waals surface area contributed by atoms with Crippen LogP contribution in [0.1, 0.15) is 55.8 Å². The molecule has 1 heterocycles. The number of nitrogens with one attached hydrogen (secondary N) is 1. The highest BCUT2D eigenvalue weighted by atomic mass is 16.6. The molecule has 1 atom stereocenters. The van der Waals surface area contributed by atoms with Crippen molar-refractivity contribution in [3.05, 3.63) is 23.8 Å². The second-order valence-corrected chi connectivity index (χ2v) is 9.50. The van der Waals surface area contributed by atoms with Crippen LogP contribution >= 0.6 is 0 Å². The van der Waals surface area contributed by atoms with E-state index in [1.807, 2.05) is 0 Å². The van der Waals surface area contributed by atoms with E-state index in [9.17, 15) is 9.59 Å². The molecule has 156 valence electrons. The standard InChI is InChI=1S/C23H29NO5/c1-14(23-10-15-6-16(11-23)8-17(7-15)12-23)24-21(25)13-29-22(26)18-2-3-19-20(9-18)28-5-4-27-19/h2-3,9,14-17H,4-8,10-13H2,1H3,(H,24,25)/t14-,15?,16?,17?,23?/m0/s1. The molecule has 4 fully saturated rings. The quantitative estimate of drug-likeness (QED) is 0.769. The maximum absolute atomic E-state index is 12.5. The fraction of sp³-hybridized carbons (Fsp3) is 0.652. The van der Waals surface area contributed by atoms with Crippen LogP contribution in [0, 0.1) is 23.2 Å². The van der Waals surface area contributed by atoms with Gasteiger partial charge in [0.1, 0.15) is 13.2 Å². The van der Waals surface area contributed by atoms with E-state index in [4.69, 9.17) is 14.2 Å². The van der Waals surface area contributed by atoms with Gasteiger partial charge in [0, 0.05) is 6.04 Å². The Hall–Kier alpha value is -2.24. The first kappa shape index (κ1) is 18.8. The Morgan fingerprint density at radius 3 is 2.34 bits per heavy atom. The molecule has 5 aliphatic rings. The van der Waals surface area contributed by atoms with E-state index in [0.717, 1.165) is 17.8 Å². The SMILES string of the molecule is C[C@H](NC(=O)COC(=O)c1ccc2c(c1)OCCO2)C12CC3CC(CC(C3)C1)C2. The lowest BCUT2D eigenvalue weighted by Crippen LogP contribution is -2.56. The molecule has 0 saturated heterocycles. The van der Waals surface area contributed by atoms with Crippen LogP contribution in [-0.4, -0.2) is 37.7 Å². The molecule has 1 N–H and O–H groups in total. The Bertz CT molecular complexity index is 784. The van der Waals surface area contributed by atoms with Gasteiger partial charge in [0.2, 0.25) is 0 Å². The normalized spacial score (nSPS) is 32.5. The van der Waals surface area contributed by atoms with Gasteiger partial charge in [-0.3, -0.25) is 4.79 Å². The molecule has 0 radical (unpaired) electrons. The van der Waals surface area contributed by atoms with Crippen LogP contribution in [0.15, 0.2) is 18.2 Å². The number of fused-ring (bicyclic) bond motifs is 1. The van der Waals surface area contributed by atoms with Crippen molar-refractivity contribution in [2.75, 3.05) is 19.8 Å². The van der Waals surface area contributed by atoms with Crippen molar-refractivity contribution in [3.63, 3.8) is 0 Å². The molecule has 0 spiro atoms. The maximum Gasteiger partial charge on any atom is 0.338 e. The predicted octanol–water partition coefficient (Wildman–Crippen LogP) is 3.34. The highest BCUT2D eigenvalue weighted by Gasteiger charge is 2.53. The maximum atomic E-state index is 12.5. The van der Waals surface area contributed by atoms with Gasteiger partial charge in [-0.05, 0) is 86.8 Å². The molecular weight excluding hydrogens is 370 g/mol. The predicted molar refractivity (Wildman–Crippen MR) is 106 cm³/mol. The van der Waals surface area contributed by atoms with Crippen LogP contribution in [0.2, 0.25) is 0 Å². The van der Waals surface area contributed by atoms with Crippen molar-refractivity contribution >= 4 is 11.9 Å². The number of carbonyl (C=O) groups excluding carboxylic acids is 2. The Labute approximate surface area is 171 Å². The first-order chi connectivity index (χ1) is 14.0. The Kier molecular flexibility index (Phi) is 4.67. The molecule has 0 unspecified atom stereocenters. The fourth-order valence-electron chi connectivity index (χ4n) is 6.53. The minimum atomic E-state index is -0.528. The number of rotatable bonds is 5. The molecule has 4 aliphatic carbocycles. The van der Waals surface area contributed by atoms with Gasteiger partial charge < -0.3 is 19.5 Å². The summed E-state index contributed by atoms with van der Waals surface area (Å²) in [5.41, 5.74) is 0.598. The highest BCUT2D eigenvalue weighted by molar-refractivity contribution is 5.92. The molecule has 6 rings (SSSR count). The molecule has 1 aromatic rings. The van der Waals surface area contributed by atoms with Gasteiger partial charge in [-0.1, -0.05) is 0 Å². The van der Waals surface area contributed by atoms with E-state index in [-0.39, 0.29) is 24.0 Å². The van der Waals surface area contributed by atoms with Gasteiger partial charge in [0.25, 0.3) is 5.91 Å². The van der Waals surface area contributed by atoms with Gasteiger partial charge in [0.05, 0.1) is 5.56 Å². The average molecular weight is 399 g/mol. The van der Waals surface area contributed by atoms with Crippen LogP contribution in [0.3, 0.4) is 0 Å². The number of esters is 1. The van der Waals surface area contributed by atoms with Gasteiger partial charge >= 0.3 is 5.97 Å². The fourth-order valence-corrected chi connectivity index (χ4v) is 6.53. The van der Waals surface area contributed by atoms with E-state index in [1.165, 1.54) is 38.5 Å². The summed E-state index contributed by atoms with van der Waals surface area (Å²) in [6.07, 6.45) is 7.85. The number of benzene rings is 1. The monoisotopic (exact) mass is 399 g/mol. The number of ether oxygens (including phenoxy) is 3. The topological polar surface area (TPSA) is 73.9 Å². The molecule has 1 amide bonds. The van der Waals surface area contributed by atoms with Gasteiger partial charge in [0.15, 0.2) is 18.1 Å². The molecule has 1 aliphatic heterocycles. The van der Waals surface area contributed by atoms with E-state index in [2.05, 4.69) is 12.2 Å². The lowest BCUT2D eigenvalue weighted by atomic mass is 9.48. The Morgan fingerprint density at radius 2 is 1.69 bits per heavy atom. The third-order valence-electron chi connectivity index (χ3n) is 7.49. The first-order valence-electron chi connectivity index (χ1n) is 10.9. The number of hydrogen-bond donors (Lipinski definition) is 1. The molecule has 0 aromatic heterocycles. The molecule has 4 saturated carbocycles. The third kappa shape index (κ3) is 3.58. The third-order valence-corrected chi connectivity index (χ3v) is 7.49. The summed E-state index contributed by atoms with van der Waals surface area (Å²) in [5.74, 6) is 2.93. The van der Waals surface area contributed by atoms with Gasteiger partial charge in [-0.15, -0.1) is 0 Å². The summed E-state index contributed by atoms with van der Waals surface area (Å²) < 4.78 is 16.2. The van der Waals surface area contributed by atoms with Crippen molar-refractivity contribution in [1.82, 2.24) is 5.32 Å². The average Bonchev–Trinajstić information content (AvgIpc) is 2.70. The van der Waals surface area contributed by atoms with Crippen LogP contribution in [0.5, 0.6) is 11.5 Å². The van der Waals surface area contributed by atoms with Crippen LogP contribution in [-0.2, 0) is 9.53 Å². The highest BCUT2D eigenvalue weighted by Crippen LogP contribution is 2.61. The van der Waals surface area contributed by atoms with Gasteiger partial charge in [-0.25, -0.2) is 4.79 Å². The second-order valence-electron chi connectivity index (χ2n) is 9.50. The smallest absolute Gasteiger partial charge is 0.338 e. The van der Waals surface area contributed by atoms with Crippen molar-refractivity contribution in [2.24, 2.45) is 23.2 Å². The van der Waals surface area contributed by atoms with Crippen LogP contribution < -0.4 is 14.8 Å². The van der Waals surface area contributed by atoms with Crippen molar-refractivity contribution in [1.29, 1.82) is 0 Å². The summed E-state index contributed by atoms with van der Waals surface area (Å²) in [7, 11) is 0. The van der Waals surface area contributed by atoms with Crippen LogP contribution in [0.25, 0.3) is 0 Å². The van der Waals surface area contributed by atoms with E-state index < -0.39 is 5.97 Å².